The number of anilines is 1. The van der Waals surface area contributed by atoms with E-state index < -0.39 is 11.9 Å². The number of hydrogen-bond acceptors (Lipinski definition) is 8. The van der Waals surface area contributed by atoms with E-state index in [-0.39, 0.29) is 30.2 Å². The highest BCUT2D eigenvalue weighted by molar-refractivity contribution is 5.88. The minimum Gasteiger partial charge on any atom is -0.389 e. The lowest BCUT2D eigenvalue weighted by molar-refractivity contribution is -0.0136. The van der Waals surface area contributed by atoms with Crippen LogP contribution < -0.4 is 5.32 Å². The van der Waals surface area contributed by atoms with Gasteiger partial charge in [0.25, 0.3) is 0 Å². The van der Waals surface area contributed by atoms with Crippen molar-refractivity contribution in [1.29, 1.82) is 0 Å². The van der Waals surface area contributed by atoms with Crippen LogP contribution >= 0.6 is 0 Å². The number of aliphatic hydroxyl groups excluding tert-OH is 1. The topological polar surface area (TPSA) is 92.6 Å². The smallest absolute Gasteiger partial charge is 0.223 e. The number of pyridine rings is 1. The van der Waals surface area contributed by atoms with E-state index in [1.54, 1.807) is 0 Å². The van der Waals surface area contributed by atoms with Gasteiger partial charge in [0.15, 0.2) is 5.82 Å². The number of aliphatic hydroxyl groups is 1. The molecule has 5 rings (SSSR count). The summed E-state index contributed by atoms with van der Waals surface area (Å²) in [5.41, 5.74) is 4.16. The fourth-order valence-corrected chi connectivity index (χ4v) is 5.12. The summed E-state index contributed by atoms with van der Waals surface area (Å²) in [5.74, 6) is 0.0547. The number of nitrogens with zero attached hydrogens (tertiary/aromatic N) is 4. The number of fused-ring (bicyclic) bond motifs is 1. The molecule has 0 radical (unpaired) electrons. The Morgan fingerprint density at radius 2 is 2.00 bits per heavy atom. The number of rotatable bonds is 6. The van der Waals surface area contributed by atoms with Crippen LogP contribution in [0, 0.1) is 5.82 Å². The molecule has 3 atom stereocenters. The van der Waals surface area contributed by atoms with Crippen LogP contribution in [0.4, 0.5) is 10.3 Å². The van der Waals surface area contributed by atoms with E-state index in [2.05, 4.69) is 41.0 Å². The second-order valence-corrected chi connectivity index (χ2v) is 10.1. The number of ether oxygens (including phenoxy) is 2. The zero-order valence-corrected chi connectivity index (χ0v) is 21.1. The normalized spacial score (nSPS) is 23.3. The molecule has 2 fully saturated rings. The summed E-state index contributed by atoms with van der Waals surface area (Å²) in [4.78, 5) is 15.8. The molecule has 0 aliphatic carbocycles. The third-order valence-corrected chi connectivity index (χ3v) is 7.11. The highest BCUT2D eigenvalue weighted by Gasteiger charge is 2.25. The van der Waals surface area contributed by atoms with Crippen LogP contribution in [0.15, 0.2) is 30.6 Å². The maximum absolute atomic E-state index is 14.9. The Morgan fingerprint density at radius 1 is 1.17 bits per heavy atom. The summed E-state index contributed by atoms with van der Waals surface area (Å²) in [6.45, 7) is 10.5. The van der Waals surface area contributed by atoms with Gasteiger partial charge in [-0.1, -0.05) is 19.9 Å². The van der Waals surface area contributed by atoms with Crippen LogP contribution in [0.3, 0.4) is 0 Å². The molecule has 0 spiro atoms. The van der Waals surface area contributed by atoms with Gasteiger partial charge in [-0.05, 0) is 42.5 Å². The Kier molecular flexibility index (Phi) is 7.43. The molecule has 0 unspecified atom stereocenters. The second kappa shape index (κ2) is 10.7. The monoisotopic (exact) mass is 495 g/mol. The highest BCUT2D eigenvalue weighted by atomic mass is 19.1. The molecule has 2 saturated heterocycles. The summed E-state index contributed by atoms with van der Waals surface area (Å²) in [6.07, 6.45) is 3.12. The molecule has 4 heterocycles. The Hall–Kier alpha value is -2.72. The quantitative estimate of drug-likeness (QED) is 0.534. The molecule has 0 amide bonds. The molecule has 2 aliphatic rings. The summed E-state index contributed by atoms with van der Waals surface area (Å²) in [7, 11) is 0. The third-order valence-electron chi connectivity index (χ3n) is 7.11. The Labute approximate surface area is 210 Å². The minimum absolute atomic E-state index is 0.220. The second-order valence-electron chi connectivity index (χ2n) is 10.1. The molecule has 2 N–H and O–H groups in total. The van der Waals surface area contributed by atoms with Gasteiger partial charge in [0.05, 0.1) is 43.7 Å². The minimum atomic E-state index is -0.663. The molecular weight excluding hydrogens is 461 g/mol. The molecule has 192 valence electrons. The van der Waals surface area contributed by atoms with Gasteiger partial charge < -0.3 is 19.9 Å². The zero-order chi connectivity index (χ0) is 25.2. The van der Waals surface area contributed by atoms with Crippen LogP contribution in [0.1, 0.15) is 44.2 Å². The summed E-state index contributed by atoms with van der Waals surface area (Å²) >= 11 is 0. The van der Waals surface area contributed by atoms with E-state index in [1.165, 1.54) is 17.3 Å². The van der Waals surface area contributed by atoms with E-state index in [0.29, 0.717) is 24.6 Å². The van der Waals surface area contributed by atoms with Crippen molar-refractivity contribution >= 4 is 16.9 Å². The lowest BCUT2D eigenvalue weighted by Crippen LogP contribution is -2.43. The summed E-state index contributed by atoms with van der Waals surface area (Å²) < 4.78 is 25.8. The van der Waals surface area contributed by atoms with Gasteiger partial charge in [0, 0.05) is 42.9 Å². The number of hydrogen-bond donors (Lipinski definition) is 2. The largest absolute Gasteiger partial charge is 0.389 e. The Balaban J connectivity index is 1.50. The van der Waals surface area contributed by atoms with E-state index >= 15 is 0 Å². The maximum atomic E-state index is 14.9. The van der Waals surface area contributed by atoms with Gasteiger partial charge in [-0.25, -0.2) is 14.4 Å². The molecule has 0 saturated carbocycles. The van der Waals surface area contributed by atoms with Gasteiger partial charge in [-0.3, -0.25) is 9.88 Å². The number of morpholine rings is 1. The van der Waals surface area contributed by atoms with Gasteiger partial charge in [0.1, 0.15) is 5.69 Å². The third kappa shape index (κ3) is 5.20. The number of nitrogens with one attached hydrogen (secondary N) is 1. The van der Waals surface area contributed by atoms with Crippen LogP contribution in [0.25, 0.3) is 22.2 Å². The van der Waals surface area contributed by atoms with E-state index in [4.69, 9.17) is 14.5 Å². The highest BCUT2D eigenvalue weighted by Crippen LogP contribution is 2.33. The lowest BCUT2D eigenvalue weighted by atomic mass is 9.92. The van der Waals surface area contributed by atoms with Gasteiger partial charge in [0.2, 0.25) is 5.95 Å². The van der Waals surface area contributed by atoms with Crippen molar-refractivity contribution in [1.82, 2.24) is 19.9 Å². The van der Waals surface area contributed by atoms with Crippen molar-refractivity contribution in [3.63, 3.8) is 0 Å². The van der Waals surface area contributed by atoms with Crippen molar-refractivity contribution < 1.29 is 19.0 Å². The molecule has 8 nitrogen and oxygen atoms in total. The number of halogens is 1. The average molecular weight is 496 g/mol. The van der Waals surface area contributed by atoms with Crippen molar-refractivity contribution in [3.8, 4) is 11.3 Å². The molecule has 9 heteroatoms. The van der Waals surface area contributed by atoms with Gasteiger partial charge in [-0.2, -0.15) is 0 Å². The first-order valence-electron chi connectivity index (χ1n) is 12.7. The summed E-state index contributed by atoms with van der Waals surface area (Å²) in [5, 5.41) is 14.4. The van der Waals surface area contributed by atoms with Gasteiger partial charge >= 0.3 is 0 Å². The van der Waals surface area contributed by atoms with E-state index in [0.717, 1.165) is 37.2 Å². The Morgan fingerprint density at radius 3 is 2.78 bits per heavy atom. The number of aromatic nitrogens is 3. The van der Waals surface area contributed by atoms with Crippen molar-refractivity contribution in [3.05, 3.63) is 47.5 Å². The van der Waals surface area contributed by atoms with Crippen LogP contribution in [0.5, 0.6) is 0 Å². The molecule has 2 aromatic heterocycles. The van der Waals surface area contributed by atoms with Crippen molar-refractivity contribution in [2.75, 3.05) is 38.3 Å². The molecule has 36 heavy (non-hydrogen) atoms. The molecular formula is C27H34FN5O3. The fourth-order valence-electron chi connectivity index (χ4n) is 5.12. The number of benzene rings is 1. The van der Waals surface area contributed by atoms with E-state index in [1.807, 2.05) is 24.4 Å². The fraction of sp³-hybridized carbons (Fsp3) is 0.519. The average Bonchev–Trinajstić information content (AvgIpc) is 2.87. The van der Waals surface area contributed by atoms with E-state index in [9.17, 15) is 9.50 Å². The molecule has 3 aromatic rings. The van der Waals surface area contributed by atoms with Crippen molar-refractivity contribution in [2.24, 2.45) is 0 Å². The zero-order valence-electron chi connectivity index (χ0n) is 21.1. The first kappa shape index (κ1) is 25.0. The first-order valence-corrected chi connectivity index (χ1v) is 12.7. The Bertz CT molecular complexity index is 1220. The van der Waals surface area contributed by atoms with Crippen molar-refractivity contribution in [2.45, 2.75) is 57.8 Å². The lowest BCUT2D eigenvalue weighted by Gasteiger charge is -2.34. The van der Waals surface area contributed by atoms with Gasteiger partial charge in [-0.15, -0.1) is 0 Å². The predicted octanol–water partition coefficient (Wildman–Crippen LogP) is 3.74. The molecule has 0 bridgehead atoms. The first-order chi connectivity index (χ1) is 17.4. The standard InChI is InChI=1S/C27H34FN5O3/c1-16(2)25-19(13-33-7-9-36-14-17(33)3)11-29-22-5-4-18(10-20(22)25)26-21(28)12-30-27(32-26)31-23-6-8-35-15-24(23)34/h4-5,10-12,16-17,23-24,34H,6-9,13-15H2,1-3H3,(H,30,31,32)/t17-,23-,24-/m1/s1. The predicted molar refractivity (Wildman–Crippen MR) is 136 cm³/mol. The summed E-state index contributed by atoms with van der Waals surface area (Å²) in [6, 6.07) is 5.87. The van der Waals surface area contributed by atoms with Crippen LogP contribution in [-0.4, -0.2) is 76.1 Å². The maximum Gasteiger partial charge on any atom is 0.223 e. The molecule has 2 aliphatic heterocycles. The van der Waals surface area contributed by atoms with Crippen LogP contribution in [-0.2, 0) is 16.0 Å². The van der Waals surface area contributed by atoms with Crippen LogP contribution in [0.2, 0.25) is 0 Å². The SMILES string of the molecule is CC(C)c1c(CN2CCOC[C@H]2C)cnc2ccc(-c3nc(N[C@@H]4CCOC[C@H]4O)ncc3F)cc12. The molecule has 1 aromatic carbocycles.